The average Bonchev–Trinajstić information content (AvgIpc) is 3.29. The smallest absolute Gasteiger partial charge is 0.420 e. The van der Waals surface area contributed by atoms with Gasteiger partial charge < -0.3 is 14.9 Å². The standard InChI is InChI=1S/C33H57NO6S/c1-5-24-28-20-22(35)15-17-33(28,4)27-16-18-32(3)25(13-14-26(32)29(27)30(24)36)21(2)10-9-19-40-31(37)34-41(38,39)23-11-7-6-8-12-23/h21-30,35-36H,5-20H2,1-4H3,(H,34,37)/t21-,22-,24-,25-,26+,27+,28?,29+,30-,32-,33-/m1/s1. The van der Waals surface area contributed by atoms with Crippen LogP contribution in [0.25, 0.3) is 0 Å². The van der Waals surface area contributed by atoms with Crippen molar-refractivity contribution in [3.05, 3.63) is 0 Å². The number of carbonyl (C=O) groups is 1. The van der Waals surface area contributed by atoms with E-state index in [1.807, 2.05) is 0 Å². The van der Waals surface area contributed by atoms with Crippen LogP contribution in [0.1, 0.15) is 124 Å². The maximum Gasteiger partial charge on any atom is 0.420 e. The second kappa shape index (κ2) is 12.3. The summed E-state index contributed by atoms with van der Waals surface area (Å²) in [5, 5.41) is 21.9. The molecule has 8 heteroatoms. The Kier molecular flexibility index (Phi) is 9.44. The summed E-state index contributed by atoms with van der Waals surface area (Å²) in [6.07, 6.45) is 13.0. The van der Waals surface area contributed by atoms with E-state index in [0.29, 0.717) is 48.3 Å². The van der Waals surface area contributed by atoms with Gasteiger partial charge in [0, 0.05) is 0 Å². The third kappa shape index (κ3) is 5.84. The summed E-state index contributed by atoms with van der Waals surface area (Å²) in [6, 6.07) is 0. The summed E-state index contributed by atoms with van der Waals surface area (Å²) in [6.45, 7) is 9.78. The van der Waals surface area contributed by atoms with Crippen molar-refractivity contribution < 1.29 is 28.2 Å². The molecule has 0 saturated heterocycles. The summed E-state index contributed by atoms with van der Waals surface area (Å²) in [4.78, 5) is 12.3. The second-order valence-corrected chi connectivity index (χ2v) is 17.2. The fourth-order valence-electron chi connectivity index (χ4n) is 11.3. The summed E-state index contributed by atoms with van der Waals surface area (Å²) >= 11 is 0. The molecule has 41 heavy (non-hydrogen) atoms. The van der Waals surface area contributed by atoms with Crippen LogP contribution in [0.5, 0.6) is 0 Å². The zero-order valence-electron chi connectivity index (χ0n) is 26.0. The summed E-state index contributed by atoms with van der Waals surface area (Å²) in [7, 11) is -3.66. The van der Waals surface area contributed by atoms with Crippen LogP contribution in [-0.4, -0.2) is 48.8 Å². The van der Waals surface area contributed by atoms with E-state index < -0.39 is 21.4 Å². The van der Waals surface area contributed by atoms with Gasteiger partial charge in [0.2, 0.25) is 10.0 Å². The highest BCUT2D eigenvalue weighted by Crippen LogP contribution is 2.69. The Balaban J connectivity index is 1.16. The Morgan fingerprint density at radius 3 is 2.34 bits per heavy atom. The number of rotatable bonds is 8. The van der Waals surface area contributed by atoms with Crippen molar-refractivity contribution in [3.63, 3.8) is 0 Å². The Morgan fingerprint density at radius 1 is 0.951 bits per heavy atom. The highest BCUT2D eigenvalue weighted by molar-refractivity contribution is 7.90. The molecule has 0 spiro atoms. The van der Waals surface area contributed by atoms with Gasteiger partial charge in [-0.2, -0.15) is 0 Å². The lowest BCUT2D eigenvalue weighted by molar-refractivity contribution is -0.203. The fourth-order valence-corrected chi connectivity index (χ4v) is 12.7. The third-order valence-electron chi connectivity index (χ3n) is 13.4. The van der Waals surface area contributed by atoms with Crippen molar-refractivity contribution in [2.45, 2.75) is 141 Å². The van der Waals surface area contributed by atoms with Gasteiger partial charge in [0.05, 0.1) is 24.1 Å². The van der Waals surface area contributed by atoms with E-state index in [1.165, 1.54) is 25.7 Å². The van der Waals surface area contributed by atoms with E-state index in [4.69, 9.17) is 4.74 Å². The van der Waals surface area contributed by atoms with Crippen molar-refractivity contribution >= 4 is 16.1 Å². The van der Waals surface area contributed by atoms with Crippen LogP contribution in [-0.2, 0) is 14.8 Å². The molecule has 5 aliphatic rings. The highest BCUT2D eigenvalue weighted by Gasteiger charge is 2.64. The summed E-state index contributed by atoms with van der Waals surface area (Å²) in [5.41, 5.74) is 0.431. The molecule has 1 unspecified atom stereocenters. The Morgan fingerprint density at radius 2 is 1.63 bits per heavy atom. The molecule has 5 rings (SSSR count). The number of aliphatic hydroxyl groups is 2. The first-order valence-corrected chi connectivity index (χ1v) is 18.5. The minimum Gasteiger partial charge on any atom is -0.449 e. The minimum atomic E-state index is -3.66. The van der Waals surface area contributed by atoms with Crippen LogP contribution in [0.15, 0.2) is 0 Å². The first-order valence-electron chi connectivity index (χ1n) is 17.0. The number of hydrogen-bond donors (Lipinski definition) is 3. The molecule has 11 atom stereocenters. The zero-order valence-corrected chi connectivity index (χ0v) is 26.8. The van der Waals surface area contributed by atoms with E-state index in [0.717, 1.165) is 57.8 Å². The molecule has 0 aliphatic heterocycles. The first kappa shape index (κ1) is 31.6. The monoisotopic (exact) mass is 595 g/mol. The van der Waals surface area contributed by atoms with Crippen molar-refractivity contribution in [1.29, 1.82) is 0 Å². The predicted molar refractivity (Wildman–Crippen MR) is 160 cm³/mol. The van der Waals surface area contributed by atoms with Gasteiger partial charge in [-0.25, -0.2) is 17.9 Å². The molecule has 0 aromatic heterocycles. The van der Waals surface area contributed by atoms with Gasteiger partial charge in [0.15, 0.2) is 0 Å². The Labute approximate surface area is 249 Å². The van der Waals surface area contributed by atoms with E-state index in [2.05, 4.69) is 32.4 Å². The molecule has 7 nitrogen and oxygen atoms in total. The number of carbonyl (C=O) groups excluding carboxylic acids is 1. The van der Waals surface area contributed by atoms with E-state index in [-0.39, 0.29) is 35.6 Å². The van der Waals surface area contributed by atoms with Gasteiger partial charge >= 0.3 is 6.09 Å². The average molecular weight is 596 g/mol. The van der Waals surface area contributed by atoms with Crippen LogP contribution in [0.2, 0.25) is 0 Å². The molecule has 5 fully saturated rings. The lowest BCUT2D eigenvalue weighted by Crippen LogP contribution is -2.62. The molecule has 5 aliphatic carbocycles. The highest BCUT2D eigenvalue weighted by atomic mass is 32.2. The van der Waals surface area contributed by atoms with Gasteiger partial charge in [-0.15, -0.1) is 0 Å². The van der Waals surface area contributed by atoms with Gasteiger partial charge in [0.1, 0.15) is 0 Å². The van der Waals surface area contributed by atoms with Crippen LogP contribution in [0.3, 0.4) is 0 Å². The number of aliphatic hydroxyl groups excluding tert-OH is 2. The normalized spacial score (nSPS) is 43.9. The number of nitrogens with one attached hydrogen (secondary N) is 1. The molecule has 236 valence electrons. The lowest BCUT2D eigenvalue weighted by atomic mass is 9.41. The molecule has 0 aromatic rings. The van der Waals surface area contributed by atoms with Gasteiger partial charge in [0.25, 0.3) is 0 Å². The number of ether oxygens (including phenoxy) is 1. The summed E-state index contributed by atoms with van der Waals surface area (Å²) in [5.74, 6) is 3.19. The zero-order chi connectivity index (χ0) is 29.6. The van der Waals surface area contributed by atoms with Gasteiger partial charge in [-0.05, 0) is 123 Å². The van der Waals surface area contributed by atoms with Crippen LogP contribution in [0.4, 0.5) is 4.79 Å². The number of hydrogen-bond acceptors (Lipinski definition) is 6. The fraction of sp³-hybridized carbons (Fsp3) is 0.970. The van der Waals surface area contributed by atoms with Crippen molar-refractivity contribution in [1.82, 2.24) is 4.72 Å². The van der Waals surface area contributed by atoms with Crippen molar-refractivity contribution in [3.8, 4) is 0 Å². The van der Waals surface area contributed by atoms with E-state index >= 15 is 0 Å². The second-order valence-electron chi connectivity index (χ2n) is 15.3. The first-order chi connectivity index (χ1) is 19.4. The number of fused-ring (bicyclic) bond motifs is 5. The lowest BCUT2D eigenvalue weighted by Gasteiger charge is -2.64. The van der Waals surface area contributed by atoms with Crippen molar-refractivity contribution in [2.24, 2.45) is 52.3 Å². The summed E-state index contributed by atoms with van der Waals surface area (Å²) < 4.78 is 32.5. The maximum absolute atomic E-state index is 12.5. The van der Waals surface area contributed by atoms with Gasteiger partial charge in [-0.1, -0.05) is 53.4 Å². The molecule has 3 N–H and O–H groups in total. The molecule has 0 heterocycles. The molecular formula is C33H57NO6S. The van der Waals surface area contributed by atoms with Crippen LogP contribution in [0, 0.1) is 52.3 Å². The molecule has 5 saturated carbocycles. The predicted octanol–water partition coefficient (Wildman–Crippen LogP) is 6.42. The third-order valence-corrected chi connectivity index (χ3v) is 15.2. The van der Waals surface area contributed by atoms with E-state index in [1.54, 1.807) is 0 Å². The van der Waals surface area contributed by atoms with E-state index in [9.17, 15) is 23.4 Å². The maximum atomic E-state index is 12.5. The quantitative estimate of drug-likeness (QED) is 0.279. The van der Waals surface area contributed by atoms with Crippen LogP contribution < -0.4 is 4.72 Å². The SMILES string of the molecule is CC[C@@H]1C2C[C@H](O)CC[C@]2(C)[C@H]2CC[C@]3(C)[C@@H]([C@H](C)CCCOC(=O)NS(=O)(=O)C4CCCCC4)CC[C@H]3[C@@H]2[C@@H]1O. The van der Waals surface area contributed by atoms with Gasteiger partial charge in [-0.3, -0.25) is 0 Å². The van der Waals surface area contributed by atoms with Crippen molar-refractivity contribution in [2.75, 3.05) is 6.61 Å². The van der Waals surface area contributed by atoms with Crippen LogP contribution >= 0.6 is 0 Å². The molecule has 0 aromatic carbocycles. The molecular weight excluding hydrogens is 538 g/mol. The number of amides is 1. The number of sulfonamides is 1. The molecule has 0 bridgehead atoms. The Hall–Kier alpha value is -0.860. The topological polar surface area (TPSA) is 113 Å². The molecule has 1 amide bonds. The minimum absolute atomic E-state index is 0.212. The largest absolute Gasteiger partial charge is 0.449 e. The Bertz CT molecular complexity index is 1030. The molecule has 0 radical (unpaired) electrons.